The maximum atomic E-state index is 13.2. The molecule has 5 rings (SSSR count). The predicted octanol–water partition coefficient (Wildman–Crippen LogP) is 1.57. The van der Waals surface area contributed by atoms with Crippen LogP contribution in [-0.4, -0.2) is 68.1 Å². The van der Waals surface area contributed by atoms with Gasteiger partial charge in [-0.1, -0.05) is 42.5 Å². The molecule has 4 amide bonds. The number of β-lactam (4-membered cyclic amide) rings is 1. The summed E-state index contributed by atoms with van der Waals surface area (Å²) in [7, 11) is 0. The number of thioether (sulfide) groups is 1. The Kier molecular flexibility index (Phi) is 5.63. The zero-order valence-corrected chi connectivity index (χ0v) is 19.9. The molecule has 3 aliphatic heterocycles. The van der Waals surface area contributed by atoms with Gasteiger partial charge >= 0.3 is 5.97 Å². The minimum absolute atomic E-state index is 0.0922. The maximum Gasteiger partial charge on any atom is 0.325 e. The highest BCUT2D eigenvalue weighted by Crippen LogP contribution is 2.52. The van der Waals surface area contributed by atoms with E-state index in [1.807, 2.05) is 44.2 Å². The number of hydrogen-bond donors (Lipinski definition) is 1. The summed E-state index contributed by atoms with van der Waals surface area (Å²) in [5.74, 6) is -2.56. The highest BCUT2D eigenvalue weighted by molar-refractivity contribution is 8.01. The van der Waals surface area contributed by atoms with Gasteiger partial charge < -0.3 is 15.0 Å². The molecule has 0 spiro atoms. The van der Waals surface area contributed by atoms with Gasteiger partial charge in [0.1, 0.15) is 30.6 Å². The molecule has 2 aromatic carbocycles. The summed E-state index contributed by atoms with van der Waals surface area (Å²) < 4.78 is 4.49. The lowest BCUT2D eigenvalue weighted by atomic mass is 9.94. The first kappa shape index (κ1) is 23.1. The van der Waals surface area contributed by atoms with E-state index in [9.17, 15) is 24.0 Å². The Labute approximate surface area is 205 Å². The quantitative estimate of drug-likeness (QED) is 0.369. The first-order valence-electron chi connectivity index (χ1n) is 11.1. The molecule has 0 aromatic heterocycles. The van der Waals surface area contributed by atoms with Gasteiger partial charge in [0.15, 0.2) is 0 Å². The first-order valence-corrected chi connectivity index (χ1v) is 12.0. The number of amides is 4. The number of carbonyl (C=O) groups excluding carboxylic acids is 5. The second-order valence-electron chi connectivity index (χ2n) is 9.09. The Morgan fingerprint density at radius 3 is 2.20 bits per heavy atom. The van der Waals surface area contributed by atoms with Gasteiger partial charge in [0, 0.05) is 4.75 Å². The van der Waals surface area contributed by atoms with Crippen LogP contribution in [-0.2, 0) is 25.7 Å². The van der Waals surface area contributed by atoms with Crippen molar-refractivity contribution in [3.8, 4) is 0 Å². The van der Waals surface area contributed by atoms with Crippen molar-refractivity contribution in [2.24, 2.45) is 0 Å². The summed E-state index contributed by atoms with van der Waals surface area (Å²) in [5, 5.41) is 2.03. The highest BCUT2D eigenvalue weighted by Gasteiger charge is 2.67. The molecule has 0 saturated carbocycles. The van der Waals surface area contributed by atoms with E-state index in [0.717, 1.165) is 10.5 Å². The number of ether oxygens (including phenoxy) is 1. The molecule has 35 heavy (non-hydrogen) atoms. The predicted molar refractivity (Wildman–Crippen MR) is 126 cm³/mol. The van der Waals surface area contributed by atoms with E-state index in [1.165, 1.54) is 16.7 Å². The minimum Gasteiger partial charge on any atom is -0.460 e. The molecule has 0 bridgehead atoms. The van der Waals surface area contributed by atoms with Crippen LogP contribution < -0.4 is 5.32 Å². The zero-order chi connectivity index (χ0) is 24.9. The van der Waals surface area contributed by atoms with E-state index in [4.69, 9.17) is 4.74 Å². The number of rotatable bonds is 6. The zero-order valence-electron chi connectivity index (χ0n) is 19.1. The third kappa shape index (κ3) is 3.78. The highest BCUT2D eigenvalue weighted by atomic mass is 32.2. The smallest absolute Gasteiger partial charge is 0.325 e. The number of carbonyl (C=O) groups is 5. The fraction of sp³-hybridized carbons (Fsp3) is 0.320. The summed E-state index contributed by atoms with van der Waals surface area (Å²) in [5.41, 5.74) is 1.37. The molecule has 9 nitrogen and oxygen atoms in total. The Morgan fingerprint density at radius 1 is 0.971 bits per heavy atom. The number of imide groups is 1. The van der Waals surface area contributed by atoms with Crippen LogP contribution in [0.2, 0.25) is 0 Å². The van der Waals surface area contributed by atoms with Crippen molar-refractivity contribution in [1.82, 2.24) is 15.1 Å². The number of nitrogens with zero attached hydrogens (tertiary/aromatic N) is 2. The number of benzene rings is 2. The molecule has 3 aliphatic rings. The van der Waals surface area contributed by atoms with Crippen molar-refractivity contribution in [3.63, 3.8) is 0 Å². The molecule has 3 heterocycles. The van der Waals surface area contributed by atoms with Crippen molar-refractivity contribution >= 4 is 41.4 Å². The molecule has 2 aromatic rings. The summed E-state index contributed by atoms with van der Waals surface area (Å²) in [6.45, 7) is 3.40. The van der Waals surface area contributed by atoms with Crippen LogP contribution in [0.25, 0.3) is 0 Å². The van der Waals surface area contributed by atoms with Gasteiger partial charge in [0.2, 0.25) is 5.91 Å². The number of esters is 1. The van der Waals surface area contributed by atoms with Gasteiger partial charge in [-0.3, -0.25) is 28.9 Å². The van der Waals surface area contributed by atoms with Crippen molar-refractivity contribution in [1.29, 1.82) is 0 Å². The molecular weight excluding hydrogens is 470 g/mol. The van der Waals surface area contributed by atoms with Crippen molar-refractivity contribution in [2.75, 3.05) is 6.54 Å². The van der Waals surface area contributed by atoms with Crippen LogP contribution in [0.5, 0.6) is 0 Å². The third-order valence-electron chi connectivity index (χ3n) is 6.41. The van der Waals surface area contributed by atoms with E-state index in [0.29, 0.717) is 0 Å². The second-order valence-corrected chi connectivity index (χ2v) is 10.9. The van der Waals surface area contributed by atoms with E-state index in [-0.39, 0.29) is 24.3 Å². The summed E-state index contributed by atoms with van der Waals surface area (Å²) >= 11 is 1.36. The van der Waals surface area contributed by atoms with Crippen LogP contribution >= 0.6 is 11.8 Å². The Balaban J connectivity index is 1.24. The molecule has 2 fully saturated rings. The van der Waals surface area contributed by atoms with Crippen LogP contribution in [0.15, 0.2) is 54.6 Å². The normalized spacial score (nSPS) is 24.1. The standard InChI is InChI=1S/C25H23N3O6S/c1-25(2)19(20(30)26-12-17(29)34-13-14-8-4-3-5-9-14)28-23(33)18(24(28)35-25)27-21(31)15-10-6-7-11-16(15)22(27)32/h3-11,18-19,24H,12-13H2,1-2H3,(H,26,30)/t18-,19+,24-/m1/s1. The van der Waals surface area contributed by atoms with E-state index >= 15 is 0 Å². The Morgan fingerprint density at radius 2 is 1.57 bits per heavy atom. The summed E-state index contributed by atoms with van der Waals surface area (Å²) in [6, 6.07) is 13.8. The average molecular weight is 494 g/mol. The maximum absolute atomic E-state index is 13.2. The van der Waals surface area contributed by atoms with Gasteiger partial charge in [0.25, 0.3) is 17.7 Å². The van der Waals surface area contributed by atoms with E-state index in [1.54, 1.807) is 24.3 Å². The fourth-order valence-corrected chi connectivity index (χ4v) is 6.44. The Bertz CT molecular complexity index is 1210. The molecular formula is C25H23N3O6S. The molecule has 0 aliphatic carbocycles. The lowest BCUT2D eigenvalue weighted by molar-refractivity contribution is -0.157. The minimum atomic E-state index is -0.972. The topological polar surface area (TPSA) is 113 Å². The number of nitrogens with one attached hydrogen (secondary N) is 1. The third-order valence-corrected chi connectivity index (χ3v) is 7.97. The van der Waals surface area contributed by atoms with Crippen molar-refractivity contribution < 1.29 is 28.7 Å². The molecule has 3 atom stereocenters. The number of hydrogen-bond acceptors (Lipinski definition) is 7. The van der Waals surface area contributed by atoms with Gasteiger partial charge in [-0.25, -0.2) is 0 Å². The molecule has 180 valence electrons. The van der Waals surface area contributed by atoms with Gasteiger partial charge in [-0.05, 0) is 31.5 Å². The molecule has 0 unspecified atom stereocenters. The first-order chi connectivity index (χ1) is 16.7. The summed E-state index contributed by atoms with van der Waals surface area (Å²) in [6.07, 6.45) is 0. The van der Waals surface area contributed by atoms with Crippen LogP contribution in [0.1, 0.15) is 40.1 Å². The SMILES string of the molecule is CC1(C)S[C@@H]2[C@H](N3C(=O)c4ccccc4C3=O)C(=O)N2[C@H]1C(=O)NCC(=O)OCc1ccccc1. The van der Waals surface area contributed by atoms with E-state index in [2.05, 4.69) is 5.32 Å². The lowest BCUT2D eigenvalue weighted by Gasteiger charge is -2.46. The van der Waals surface area contributed by atoms with Gasteiger partial charge in [0.05, 0.1) is 11.1 Å². The van der Waals surface area contributed by atoms with Gasteiger partial charge in [-0.2, -0.15) is 0 Å². The fourth-order valence-electron chi connectivity index (χ4n) is 4.76. The van der Waals surface area contributed by atoms with Crippen molar-refractivity contribution in [2.45, 2.75) is 42.7 Å². The molecule has 0 radical (unpaired) electrons. The molecule has 2 saturated heterocycles. The Hall–Kier alpha value is -3.66. The lowest BCUT2D eigenvalue weighted by Crippen LogP contribution is -2.72. The monoisotopic (exact) mass is 493 g/mol. The average Bonchev–Trinajstić information content (AvgIpc) is 3.25. The van der Waals surface area contributed by atoms with E-state index < -0.39 is 51.8 Å². The second kappa shape index (κ2) is 8.53. The van der Waals surface area contributed by atoms with Crippen LogP contribution in [0.3, 0.4) is 0 Å². The largest absolute Gasteiger partial charge is 0.460 e. The van der Waals surface area contributed by atoms with Gasteiger partial charge in [-0.15, -0.1) is 11.8 Å². The molecule has 10 heteroatoms. The van der Waals surface area contributed by atoms with Crippen molar-refractivity contribution in [3.05, 3.63) is 71.3 Å². The van der Waals surface area contributed by atoms with Crippen LogP contribution in [0, 0.1) is 0 Å². The summed E-state index contributed by atoms with van der Waals surface area (Å²) in [4.78, 5) is 66.5. The number of fused-ring (bicyclic) bond motifs is 2. The molecule has 1 N–H and O–H groups in total. The van der Waals surface area contributed by atoms with Crippen LogP contribution in [0.4, 0.5) is 0 Å².